The van der Waals surface area contributed by atoms with Crippen molar-refractivity contribution in [3.05, 3.63) is 53.6 Å². The molecule has 0 bridgehead atoms. The minimum Gasteiger partial charge on any atom is -0.493 e. The van der Waals surface area contributed by atoms with Gasteiger partial charge in [0.15, 0.2) is 11.5 Å². The van der Waals surface area contributed by atoms with Gasteiger partial charge in [0.1, 0.15) is 4.87 Å². The molecule has 0 saturated carbocycles. The van der Waals surface area contributed by atoms with Crippen LogP contribution in [0.2, 0.25) is 0 Å². The molecule has 3 nitrogen and oxygen atoms in total. The third-order valence-electron chi connectivity index (χ3n) is 3.64. The molecule has 0 aliphatic rings. The highest BCUT2D eigenvalue weighted by atomic mass is 35.6. The molecular formula is C17H16Cl4O3. The number of hydrogen-bond acceptors (Lipinski definition) is 3. The van der Waals surface area contributed by atoms with Gasteiger partial charge < -0.3 is 14.2 Å². The van der Waals surface area contributed by atoms with Gasteiger partial charge in [-0.2, -0.15) is 0 Å². The fraction of sp³-hybridized carbons (Fsp3) is 0.294. The Morgan fingerprint density at radius 2 is 1.29 bits per heavy atom. The largest absolute Gasteiger partial charge is 0.493 e. The van der Waals surface area contributed by atoms with Gasteiger partial charge in [0, 0.05) is 5.56 Å². The van der Waals surface area contributed by atoms with Crippen molar-refractivity contribution in [1.29, 1.82) is 0 Å². The van der Waals surface area contributed by atoms with Crippen molar-refractivity contribution >= 4 is 46.4 Å². The molecule has 1 atom stereocenters. The van der Waals surface area contributed by atoms with Crippen LogP contribution in [0.15, 0.2) is 42.5 Å². The van der Waals surface area contributed by atoms with Gasteiger partial charge in [0.05, 0.1) is 21.3 Å². The standard InChI is InChI=1S/C17H16Cl4O3/c1-22-13-10-9-12(14(23-2)15(13)24-3)16(18,17(19,20)21)11-7-5-4-6-8-11/h4-10H,1-3H3. The maximum Gasteiger partial charge on any atom is 0.217 e. The lowest BCUT2D eigenvalue weighted by Crippen LogP contribution is -2.36. The zero-order valence-corrected chi connectivity index (χ0v) is 16.3. The second-order valence-electron chi connectivity index (χ2n) is 4.90. The van der Waals surface area contributed by atoms with Crippen molar-refractivity contribution in [2.24, 2.45) is 0 Å². The molecule has 0 fully saturated rings. The van der Waals surface area contributed by atoms with Gasteiger partial charge in [-0.3, -0.25) is 0 Å². The van der Waals surface area contributed by atoms with Gasteiger partial charge in [0.2, 0.25) is 9.54 Å². The van der Waals surface area contributed by atoms with Crippen molar-refractivity contribution in [2.45, 2.75) is 8.67 Å². The van der Waals surface area contributed by atoms with E-state index in [4.69, 9.17) is 60.6 Å². The molecule has 130 valence electrons. The average molecular weight is 410 g/mol. The van der Waals surface area contributed by atoms with Gasteiger partial charge in [-0.25, -0.2) is 0 Å². The number of halogens is 4. The maximum absolute atomic E-state index is 6.90. The fourth-order valence-corrected chi connectivity index (χ4v) is 3.42. The third kappa shape index (κ3) is 3.23. The Hall–Kier alpha value is -1.00. The Bertz CT molecular complexity index is 701. The monoisotopic (exact) mass is 408 g/mol. The van der Waals surface area contributed by atoms with Gasteiger partial charge in [-0.1, -0.05) is 65.1 Å². The zero-order chi connectivity index (χ0) is 18.0. The fourth-order valence-electron chi connectivity index (χ4n) is 2.51. The molecule has 0 aliphatic carbocycles. The lowest BCUT2D eigenvalue weighted by Gasteiger charge is -2.36. The van der Waals surface area contributed by atoms with Gasteiger partial charge in [-0.15, -0.1) is 11.6 Å². The summed E-state index contributed by atoms with van der Waals surface area (Å²) in [5, 5.41) is 0. The molecule has 0 amide bonds. The highest BCUT2D eigenvalue weighted by Gasteiger charge is 2.52. The van der Waals surface area contributed by atoms with E-state index in [0.717, 1.165) is 0 Å². The first-order chi connectivity index (χ1) is 11.3. The predicted octanol–water partition coefficient (Wildman–Crippen LogP) is 5.57. The molecular weight excluding hydrogens is 394 g/mol. The maximum atomic E-state index is 6.90. The van der Waals surface area contributed by atoms with E-state index in [2.05, 4.69) is 0 Å². The normalized spacial score (nSPS) is 14.0. The van der Waals surface area contributed by atoms with E-state index in [1.165, 1.54) is 21.3 Å². The predicted molar refractivity (Wildman–Crippen MR) is 99.5 cm³/mol. The molecule has 0 heterocycles. The van der Waals surface area contributed by atoms with Crippen LogP contribution in [0.3, 0.4) is 0 Å². The minimum absolute atomic E-state index is 0.335. The number of ether oxygens (including phenoxy) is 3. The Labute approximate surface area is 161 Å². The number of hydrogen-bond donors (Lipinski definition) is 0. The van der Waals surface area contributed by atoms with Gasteiger partial charge >= 0.3 is 0 Å². The van der Waals surface area contributed by atoms with E-state index in [9.17, 15) is 0 Å². The molecule has 0 N–H and O–H groups in total. The van der Waals surface area contributed by atoms with Crippen molar-refractivity contribution in [2.75, 3.05) is 21.3 Å². The summed E-state index contributed by atoms with van der Waals surface area (Å²) in [4.78, 5) is -1.50. The summed E-state index contributed by atoms with van der Waals surface area (Å²) in [6.07, 6.45) is 0. The molecule has 0 aliphatic heterocycles. The first kappa shape index (κ1) is 19.3. The number of benzene rings is 2. The molecule has 0 aromatic heterocycles. The molecule has 1 unspecified atom stereocenters. The first-order valence-corrected chi connectivity index (χ1v) is 8.43. The van der Waals surface area contributed by atoms with E-state index >= 15 is 0 Å². The molecule has 24 heavy (non-hydrogen) atoms. The van der Waals surface area contributed by atoms with Crippen molar-refractivity contribution in [1.82, 2.24) is 0 Å². The number of methoxy groups -OCH3 is 3. The zero-order valence-electron chi connectivity index (χ0n) is 13.3. The van der Waals surface area contributed by atoms with Crippen LogP contribution in [0.1, 0.15) is 11.1 Å². The lowest BCUT2D eigenvalue weighted by atomic mass is 9.90. The van der Waals surface area contributed by atoms with Crippen molar-refractivity contribution < 1.29 is 14.2 Å². The summed E-state index contributed by atoms with van der Waals surface area (Å²) in [7, 11) is 4.51. The Morgan fingerprint density at radius 1 is 0.708 bits per heavy atom. The highest BCUT2D eigenvalue weighted by molar-refractivity contribution is 6.71. The second-order valence-corrected chi connectivity index (χ2v) is 7.75. The van der Waals surface area contributed by atoms with Crippen molar-refractivity contribution in [3.63, 3.8) is 0 Å². The smallest absolute Gasteiger partial charge is 0.217 e. The average Bonchev–Trinajstić information content (AvgIpc) is 2.59. The van der Waals surface area contributed by atoms with Crippen LogP contribution >= 0.6 is 46.4 Å². The summed E-state index contributed by atoms with van der Waals surface area (Å²) in [6.45, 7) is 0. The van der Waals surface area contributed by atoms with Crippen LogP contribution in [0.25, 0.3) is 0 Å². The van der Waals surface area contributed by atoms with Gasteiger partial charge in [0.25, 0.3) is 0 Å². The summed E-state index contributed by atoms with van der Waals surface area (Å²) < 4.78 is 14.3. The van der Waals surface area contributed by atoms with Crippen LogP contribution in [0, 0.1) is 0 Å². The lowest BCUT2D eigenvalue weighted by molar-refractivity contribution is 0.320. The summed E-state index contributed by atoms with van der Waals surface area (Å²) in [5.74, 6) is 1.18. The number of rotatable bonds is 5. The topological polar surface area (TPSA) is 27.7 Å². The van der Waals surface area contributed by atoms with Crippen LogP contribution in [-0.2, 0) is 4.87 Å². The Kier molecular flexibility index (Phi) is 6.03. The summed E-state index contributed by atoms with van der Waals surface area (Å²) in [6, 6.07) is 12.4. The minimum atomic E-state index is -1.86. The van der Waals surface area contributed by atoms with Crippen LogP contribution in [0.5, 0.6) is 17.2 Å². The molecule has 0 radical (unpaired) electrons. The van der Waals surface area contributed by atoms with E-state index < -0.39 is 8.67 Å². The van der Waals surface area contributed by atoms with E-state index in [1.54, 1.807) is 24.3 Å². The molecule has 7 heteroatoms. The van der Waals surface area contributed by atoms with E-state index in [-0.39, 0.29) is 0 Å². The first-order valence-electron chi connectivity index (χ1n) is 6.91. The van der Waals surface area contributed by atoms with Gasteiger partial charge in [-0.05, 0) is 17.7 Å². The van der Waals surface area contributed by atoms with Crippen LogP contribution in [-0.4, -0.2) is 25.1 Å². The molecule has 0 spiro atoms. The van der Waals surface area contributed by atoms with E-state index in [1.807, 2.05) is 18.2 Å². The quantitative estimate of drug-likeness (QED) is 0.604. The Morgan fingerprint density at radius 3 is 1.75 bits per heavy atom. The van der Waals surface area contributed by atoms with Crippen molar-refractivity contribution in [3.8, 4) is 17.2 Å². The molecule has 2 rings (SSSR count). The Balaban J connectivity index is 2.82. The summed E-state index contributed by atoms with van der Waals surface area (Å²) in [5.41, 5.74) is 1.06. The molecule has 2 aromatic carbocycles. The summed E-state index contributed by atoms with van der Waals surface area (Å²) >= 11 is 25.7. The van der Waals surface area contributed by atoms with E-state index in [0.29, 0.717) is 28.4 Å². The van der Waals surface area contributed by atoms with Crippen LogP contribution < -0.4 is 14.2 Å². The van der Waals surface area contributed by atoms with Crippen LogP contribution in [0.4, 0.5) is 0 Å². The molecule has 2 aromatic rings. The third-order valence-corrected chi connectivity index (χ3v) is 5.48. The number of alkyl halides is 4. The molecule has 0 saturated heterocycles. The SMILES string of the molecule is COc1ccc(C(Cl)(c2ccccc2)C(Cl)(Cl)Cl)c(OC)c1OC. The second kappa shape index (κ2) is 7.49. The highest BCUT2D eigenvalue weighted by Crippen LogP contribution is 2.58.